The summed E-state index contributed by atoms with van der Waals surface area (Å²) in [4.78, 5) is 18.8. The topological polar surface area (TPSA) is 54.5 Å². The Balaban J connectivity index is 2.53. The number of ether oxygens (including phenoxy) is 1. The van der Waals surface area contributed by atoms with Crippen LogP contribution in [0, 0.1) is 13.8 Å². The lowest BCUT2D eigenvalue weighted by Gasteiger charge is -2.17. The second kappa shape index (κ2) is 7.42. The van der Waals surface area contributed by atoms with Crippen molar-refractivity contribution in [2.24, 2.45) is 0 Å². The van der Waals surface area contributed by atoms with Crippen molar-refractivity contribution in [3.8, 4) is 0 Å². The van der Waals surface area contributed by atoms with Crippen LogP contribution in [0.3, 0.4) is 0 Å². The van der Waals surface area contributed by atoms with E-state index < -0.39 is 0 Å². The summed E-state index contributed by atoms with van der Waals surface area (Å²) in [6, 6.07) is 4.17. The zero-order valence-corrected chi connectivity index (χ0v) is 14.6. The number of nitrogens with zero attached hydrogens (tertiary/aromatic N) is 2. The molecule has 5 nitrogen and oxygen atoms in total. The van der Waals surface area contributed by atoms with E-state index in [-0.39, 0.29) is 5.97 Å². The van der Waals surface area contributed by atoms with Crippen LogP contribution in [0.2, 0.25) is 0 Å². The van der Waals surface area contributed by atoms with E-state index in [0.717, 1.165) is 40.8 Å². The van der Waals surface area contributed by atoms with Crippen molar-refractivity contribution in [2.75, 3.05) is 39.1 Å². The highest BCUT2D eigenvalue weighted by Crippen LogP contribution is 2.29. The molecule has 1 aromatic carbocycles. The average molecular weight is 315 g/mol. The highest BCUT2D eigenvalue weighted by atomic mass is 16.5. The molecule has 0 aliphatic rings. The number of aryl methyl sites for hydroxylation is 2. The maximum atomic E-state index is 12.3. The number of nitrogens with one attached hydrogen (secondary N) is 1. The van der Waals surface area contributed by atoms with Gasteiger partial charge in [-0.1, -0.05) is 11.6 Å². The smallest absolute Gasteiger partial charge is 0.341 e. The second-order valence-electron chi connectivity index (χ2n) is 5.98. The average Bonchev–Trinajstić information content (AvgIpc) is 2.47. The third-order valence-corrected chi connectivity index (χ3v) is 3.66. The Morgan fingerprint density at radius 1 is 1.30 bits per heavy atom. The summed E-state index contributed by atoms with van der Waals surface area (Å²) in [6.45, 7) is 7.85. The Labute approximate surface area is 137 Å². The minimum atomic E-state index is -0.339. The molecular weight excluding hydrogens is 290 g/mol. The molecule has 2 rings (SSSR count). The third-order valence-electron chi connectivity index (χ3n) is 3.66. The lowest BCUT2D eigenvalue weighted by atomic mass is 10.0. The Morgan fingerprint density at radius 2 is 2.04 bits per heavy atom. The van der Waals surface area contributed by atoms with Gasteiger partial charge in [0.05, 0.1) is 17.8 Å². The Kier molecular flexibility index (Phi) is 5.55. The largest absolute Gasteiger partial charge is 0.462 e. The van der Waals surface area contributed by atoms with Gasteiger partial charge in [0.1, 0.15) is 5.56 Å². The fourth-order valence-electron chi connectivity index (χ4n) is 2.62. The van der Waals surface area contributed by atoms with Crippen LogP contribution in [0.4, 0.5) is 5.69 Å². The lowest BCUT2D eigenvalue weighted by molar-refractivity contribution is 0.0527. The molecule has 23 heavy (non-hydrogen) atoms. The maximum Gasteiger partial charge on any atom is 0.341 e. The van der Waals surface area contributed by atoms with Gasteiger partial charge in [0.15, 0.2) is 0 Å². The first-order chi connectivity index (χ1) is 10.9. The van der Waals surface area contributed by atoms with Crippen LogP contribution in [-0.2, 0) is 4.74 Å². The van der Waals surface area contributed by atoms with Gasteiger partial charge in [-0.05, 0) is 46.5 Å². The number of hydrogen-bond acceptors (Lipinski definition) is 5. The van der Waals surface area contributed by atoms with E-state index in [9.17, 15) is 4.79 Å². The summed E-state index contributed by atoms with van der Waals surface area (Å²) in [6.07, 6.45) is 1.61. The number of rotatable bonds is 6. The molecule has 1 heterocycles. The molecule has 1 N–H and O–H groups in total. The van der Waals surface area contributed by atoms with Crippen molar-refractivity contribution in [3.05, 3.63) is 35.0 Å². The minimum Gasteiger partial charge on any atom is -0.462 e. The molecule has 124 valence electrons. The predicted molar refractivity (Wildman–Crippen MR) is 94.2 cm³/mol. The molecule has 0 bridgehead atoms. The summed E-state index contributed by atoms with van der Waals surface area (Å²) >= 11 is 0. The monoisotopic (exact) mass is 315 g/mol. The summed E-state index contributed by atoms with van der Waals surface area (Å²) in [5, 5.41) is 4.36. The molecule has 0 fully saturated rings. The van der Waals surface area contributed by atoms with Gasteiger partial charge in [0, 0.05) is 24.7 Å². The first kappa shape index (κ1) is 17.2. The molecule has 5 heteroatoms. The molecule has 0 spiro atoms. The number of carbonyl (C=O) groups is 1. The number of pyridine rings is 1. The summed E-state index contributed by atoms with van der Waals surface area (Å²) in [5.41, 5.74) is 4.46. The third kappa shape index (κ3) is 3.99. The van der Waals surface area contributed by atoms with Gasteiger partial charge < -0.3 is 15.0 Å². The van der Waals surface area contributed by atoms with Crippen LogP contribution in [0.15, 0.2) is 18.3 Å². The van der Waals surface area contributed by atoms with Crippen LogP contribution in [0.5, 0.6) is 0 Å². The molecule has 0 atom stereocenters. The molecule has 2 aromatic rings. The van der Waals surface area contributed by atoms with E-state index in [4.69, 9.17) is 4.74 Å². The number of fused-ring (bicyclic) bond motifs is 1. The van der Waals surface area contributed by atoms with Gasteiger partial charge in [-0.15, -0.1) is 0 Å². The molecule has 1 aromatic heterocycles. The summed E-state index contributed by atoms with van der Waals surface area (Å²) in [7, 11) is 4.04. The number of anilines is 1. The zero-order valence-electron chi connectivity index (χ0n) is 14.6. The number of aromatic nitrogens is 1. The Bertz CT molecular complexity index is 711. The van der Waals surface area contributed by atoms with Crippen molar-refractivity contribution >= 4 is 22.6 Å². The van der Waals surface area contributed by atoms with Crippen molar-refractivity contribution in [2.45, 2.75) is 20.8 Å². The van der Waals surface area contributed by atoms with Crippen LogP contribution in [0.25, 0.3) is 10.9 Å². The molecule has 0 saturated heterocycles. The summed E-state index contributed by atoms with van der Waals surface area (Å²) in [5.74, 6) is -0.339. The zero-order chi connectivity index (χ0) is 17.0. The highest BCUT2D eigenvalue weighted by Gasteiger charge is 2.17. The van der Waals surface area contributed by atoms with Crippen LogP contribution >= 0.6 is 0 Å². The van der Waals surface area contributed by atoms with Crippen molar-refractivity contribution in [3.63, 3.8) is 0 Å². The molecular formula is C18H25N3O2. The standard InChI is InChI=1S/C18H25N3O2/c1-6-23-18(22)15-11-20-16-13(3)9-12(2)10-14(16)17(15)19-7-8-21(4)5/h9-11H,6-8H2,1-5H3,(H,19,20). The van der Waals surface area contributed by atoms with Gasteiger partial charge in [-0.2, -0.15) is 0 Å². The van der Waals surface area contributed by atoms with Gasteiger partial charge in [0.2, 0.25) is 0 Å². The Morgan fingerprint density at radius 3 is 2.70 bits per heavy atom. The second-order valence-corrected chi connectivity index (χ2v) is 5.98. The van der Waals surface area contributed by atoms with Gasteiger partial charge in [-0.3, -0.25) is 4.98 Å². The quantitative estimate of drug-likeness (QED) is 0.831. The highest BCUT2D eigenvalue weighted by molar-refractivity contribution is 6.05. The van der Waals surface area contributed by atoms with Crippen molar-refractivity contribution in [1.29, 1.82) is 0 Å². The summed E-state index contributed by atoms with van der Waals surface area (Å²) < 4.78 is 5.18. The SMILES string of the molecule is CCOC(=O)c1cnc2c(C)cc(C)cc2c1NCCN(C)C. The van der Waals surface area contributed by atoms with E-state index in [1.54, 1.807) is 13.1 Å². The van der Waals surface area contributed by atoms with Gasteiger partial charge in [0.25, 0.3) is 0 Å². The van der Waals surface area contributed by atoms with E-state index in [1.165, 1.54) is 0 Å². The Hall–Kier alpha value is -2.14. The van der Waals surface area contributed by atoms with Crippen molar-refractivity contribution in [1.82, 2.24) is 9.88 Å². The number of carbonyl (C=O) groups excluding carboxylic acids is 1. The number of likely N-dealkylation sites (N-methyl/N-ethyl adjacent to an activating group) is 1. The first-order valence-electron chi connectivity index (χ1n) is 7.89. The lowest BCUT2D eigenvalue weighted by Crippen LogP contribution is -2.22. The van der Waals surface area contributed by atoms with Gasteiger partial charge in [-0.25, -0.2) is 4.79 Å². The minimum absolute atomic E-state index is 0.339. The number of benzene rings is 1. The molecule has 0 radical (unpaired) electrons. The number of hydrogen-bond donors (Lipinski definition) is 1. The molecule has 0 aliphatic heterocycles. The molecule has 0 aliphatic carbocycles. The van der Waals surface area contributed by atoms with Gasteiger partial charge >= 0.3 is 5.97 Å². The van der Waals surface area contributed by atoms with E-state index in [0.29, 0.717) is 12.2 Å². The maximum absolute atomic E-state index is 12.3. The first-order valence-corrected chi connectivity index (χ1v) is 7.89. The normalized spacial score (nSPS) is 11.0. The van der Waals surface area contributed by atoms with Crippen molar-refractivity contribution < 1.29 is 9.53 Å². The molecule has 0 saturated carbocycles. The van der Waals surface area contributed by atoms with Crippen LogP contribution in [0.1, 0.15) is 28.4 Å². The number of esters is 1. The molecule has 0 amide bonds. The fourth-order valence-corrected chi connectivity index (χ4v) is 2.62. The molecule has 0 unspecified atom stereocenters. The van der Waals surface area contributed by atoms with Crippen LogP contribution in [-0.4, -0.2) is 49.6 Å². The van der Waals surface area contributed by atoms with Crippen LogP contribution < -0.4 is 5.32 Å². The van der Waals surface area contributed by atoms with E-state index in [1.807, 2.05) is 27.9 Å². The fraction of sp³-hybridized carbons (Fsp3) is 0.444. The predicted octanol–water partition coefficient (Wildman–Crippen LogP) is 3.00. The van der Waals surface area contributed by atoms with E-state index >= 15 is 0 Å². The van der Waals surface area contributed by atoms with E-state index in [2.05, 4.69) is 27.3 Å².